The Morgan fingerprint density at radius 2 is 2.07 bits per heavy atom. The number of unbranched alkanes of at least 4 members (excludes halogenated alkanes) is 1. The molecule has 1 aromatic rings. The third-order valence-corrected chi connectivity index (χ3v) is 7.56. The van der Waals surface area contributed by atoms with Crippen LogP contribution in [0.2, 0.25) is 0 Å². The van der Waals surface area contributed by atoms with Gasteiger partial charge in [0.2, 0.25) is 11.8 Å². The topological polar surface area (TPSA) is 81.2 Å². The zero-order valence-electron chi connectivity index (χ0n) is 17.1. The molecule has 7 nitrogen and oxygen atoms in total. The zero-order valence-corrected chi connectivity index (χ0v) is 18.0. The fourth-order valence-corrected chi connectivity index (χ4v) is 5.95. The number of anilines is 1. The highest BCUT2D eigenvalue weighted by Gasteiger charge is 2.45. The quantitative estimate of drug-likeness (QED) is 0.763. The molecular formula is C21H29N3O4S. The van der Waals surface area contributed by atoms with E-state index in [1.165, 1.54) is 27.6 Å². The summed E-state index contributed by atoms with van der Waals surface area (Å²) in [5.41, 5.74) is 1.56. The lowest BCUT2D eigenvalue weighted by molar-refractivity contribution is -0.133. The number of nitrogens with zero attached hydrogens (tertiary/aromatic N) is 3. The maximum atomic E-state index is 13.0. The number of carbonyl (C=O) groups excluding carboxylic acids is 3. The Bertz CT molecular complexity index is 836. The van der Waals surface area contributed by atoms with Crippen molar-refractivity contribution < 1.29 is 19.5 Å². The predicted molar refractivity (Wildman–Crippen MR) is 111 cm³/mol. The van der Waals surface area contributed by atoms with E-state index in [4.69, 9.17) is 0 Å². The fraction of sp³-hybridized carbons (Fsp3) is 0.667. The molecule has 4 rings (SSSR count). The normalized spacial score (nSPS) is 23.8. The Hall–Kier alpha value is -1.93. The molecule has 0 unspecified atom stereocenters. The highest BCUT2D eigenvalue weighted by atomic mass is 32.1. The largest absolute Gasteiger partial charge is 0.395 e. The number of aliphatic hydroxyl groups excluding tert-OH is 1. The molecule has 0 bridgehead atoms. The first-order valence-electron chi connectivity index (χ1n) is 10.6. The minimum atomic E-state index is -0.183. The highest BCUT2D eigenvalue weighted by Crippen LogP contribution is 2.46. The number of thiophene rings is 1. The van der Waals surface area contributed by atoms with Crippen LogP contribution in [0, 0.1) is 11.8 Å². The second-order valence-electron chi connectivity index (χ2n) is 8.37. The summed E-state index contributed by atoms with van der Waals surface area (Å²) in [5, 5.41) is 10.0. The molecule has 8 heteroatoms. The summed E-state index contributed by atoms with van der Waals surface area (Å²) in [4.78, 5) is 44.4. The lowest BCUT2D eigenvalue weighted by Gasteiger charge is -2.28. The van der Waals surface area contributed by atoms with E-state index >= 15 is 0 Å². The van der Waals surface area contributed by atoms with Gasteiger partial charge >= 0.3 is 0 Å². The van der Waals surface area contributed by atoms with Gasteiger partial charge in [0.15, 0.2) is 0 Å². The third kappa shape index (κ3) is 3.68. The molecule has 1 aromatic heterocycles. The van der Waals surface area contributed by atoms with Gasteiger partial charge in [0, 0.05) is 30.9 Å². The maximum Gasteiger partial charge on any atom is 0.257 e. The molecule has 3 heterocycles. The number of fused-ring (bicyclic) bond motifs is 3. The van der Waals surface area contributed by atoms with E-state index in [9.17, 15) is 19.5 Å². The van der Waals surface area contributed by atoms with Crippen LogP contribution in [0.4, 0.5) is 5.00 Å². The molecule has 0 aromatic carbocycles. The third-order valence-electron chi connectivity index (χ3n) is 6.32. The van der Waals surface area contributed by atoms with Crippen LogP contribution in [0.25, 0.3) is 0 Å². The smallest absolute Gasteiger partial charge is 0.257 e. The number of hydrogen-bond acceptors (Lipinski definition) is 5. The minimum absolute atomic E-state index is 0.0143. The lowest BCUT2D eigenvalue weighted by Crippen LogP contribution is -2.39. The van der Waals surface area contributed by atoms with Crippen LogP contribution >= 0.6 is 11.3 Å². The van der Waals surface area contributed by atoms with Crippen molar-refractivity contribution in [2.75, 3.05) is 38.2 Å². The summed E-state index contributed by atoms with van der Waals surface area (Å²) in [7, 11) is 1.64. The van der Waals surface area contributed by atoms with Crippen molar-refractivity contribution in [2.45, 2.75) is 45.6 Å². The highest BCUT2D eigenvalue weighted by molar-refractivity contribution is 7.17. The summed E-state index contributed by atoms with van der Waals surface area (Å²) in [6, 6.07) is 0. The summed E-state index contributed by atoms with van der Waals surface area (Å²) >= 11 is 1.43. The standard InChI is InChI=1S/C21H29N3O4S/c1-3-4-5-13-10-15(13)19(27)23-7-6-14-16(11-23)29-21-18(14)20(28)22(2)12-17(26)24(21)8-9-25/h13,15,25H,3-12H2,1-2H3/t13-,15+/m1/s1. The van der Waals surface area contributed by atoms with E-state index in [-0.39, 0.29) is 43.3 Å². The first-order valence-corrected chi connectivity index (χ1v) is 11.4. The predicted octanol–water partition coefficient (Wildman–Crippen LogP) is 1.87. The van der Waals surface area contributed by atoms with E-state index in [1.54, 1.807) is 7.05 Å². The van der Waals surface area contributed by atoms with E-state index in [2.05, 4.69) is 6.92 Å². The second kappa shape index (κ2) is 8.07. The van der Waals surface area contributed by atoms with Gasteiger partial charge in [0.1, 0.15) is 11.5 Å². The first-order chi connectivity index (χ1) is 14.0. The molecule has 1 aliphatic carbocycles. The van der Waals surface area contributed by atoms with Crippen molar-refractivity contribution in [3.63, 3.8) is 0 Å². The molecule has 3 aliphatic rings. The van der Waals surface area contributed by atoms with Gasteiger partial charge in [-0.15, -0.1) is 11.3 Å². The average molecular weight is 420 g/mol. The number of likely N-dealkylation sites (N-methyl/N-ethyl adjacent to an activating group) is 1. The second-order valence-corrected chi connectivity index (χ2v) is 9.45. The number of carbonyl (C=O) groups is 3. The van der Waals surface area contributed by atoms with Gasteiger partial charge in [-0.05, 0) is 30.7 Å². The molecular weight excluding hydrogens is 390 g/mol. The number of rotatable bonds is 6. The van der Waals surface area contributed by atoms with Crippen molar-refractivity contribution >= 4 is 34.1 Å². The van der Waals surface area contributed by atoms with Gasteiger partial charge in [-0.2, -0.15) is 0 Å². The van der Waals surface area contributed by atoms with Gasteiger partial charge < -0.3 is 14.9 Å². The van der Waals surface area contributed by atoms with Crippen molar-refractivity contribution in [1.29, 1.82) is 0 Å². The monoisotopic (exact) mass is 419 g/mol. The van der Waals surface area contributed by atoms with Gasteiger partial charge in [-0.25, -0.2) is 0 Å². The molecule has 1 N–H and O–H groups in total. The maximum absolute atomic E-state index is 13.0. The molecule has 29 heavy (non-hydrogen) atoms. The van der Waals surface area contributed by atoms with Gasteiger partial charge in [0.05, 0.1) is 18.7 Å². The van der Waals surface area contributed by atoms with Crippen molar-refractivity contribution in [3.05, 3.63) is 16.0 Å². The van der Waals surface area contributed by atoms with Crippen LogP contribution < -0.4 is 4.90 Å². The Morgan fingerprint density at radius 3 is 2.79 bits per heavy atom. The number of amides is 3. The van der Waals surface area contributed by atoms with Crippen LogP contribution in [0.15, 0.2) is 0 Å². The van der Waals surface area contributed by atoms with E-state index in [0.29, 0.717) is 36.0 Å². The Morgan fingerprint density at radius 1 is 1.28 bits per heavy atom. The molecule has 3 amide bonds. The van der Waals surface area contributed by atoms with Crippen molar-refractivity contribution in [3.8, 4) is 0 Å². The van der Waals surface area contributed by atoms with Crippen molar-refractivity contribution in [1.82, 2.24) is 9.80 Å². The molecule has 158 valence electrons. The van der Waals surface area contributed by atoms with Gasteiger partial charge in [-0.3, -0.25) is 19.3 Å². The fourth-order valence-electron chi connectivity index (χ4n) is 4.55. The van der Waals surface area contributed by atoms with E-state index in [1.807, 2.05) is 4.90 Å². The number of β-amino-alcohol motifs (C(OH)–C–C–N with tert-alkyl or cyclic N) is 1. The Balaban J connectivity index is 1.57. The van der Waals surface area contributed by atoms with E-state index < -0.39 is 0 Å². The zero-order chi connectivity index (χ0) is 20.7. The SMILES string of the molecule is CCCC[C@@H]1C[C@@H]1C(=O)N1CCc2c(sc3c2C(=O)N(C)CC(=O)N3CCO)C1. The molecule has 0 radical (unpaired) electrons. The van der Waals surface area contributed by atoms with Gasteiger partial charge in [-0.1, -0.05) is 19.8 Å². The Labute approximate surface area is 175 Å². The summed E-state index contributed by atoms with van der Waals surface area (Å²) in [5.74, 6) is 0.620. The molecule has 2 aliphatic heterocycles. The molecule has 1 saturated carbocycles. The van der Waals surface area contributed by atoms with Crippen LogP contribution in [-0.2, 0) is 22.6 Å². The van der Waals surface area contributed by atoms with Crippen LogP contribution in [0.5, 0.6) is 0 Å². The average Bonchev–Trinajstić information content (AvgIpc) is 3.40. The van der Waals surface area contributed by atoms with Crippen LogP contribution in [-0.4, -0.2) is 65.9 Å². The van der Waals surface area contributed by atoms with E-state index in [0.717, 1.165) is 29.7 Å². The number of hydrogen-bond donors (Lipinski definition) is 1. The van der Waals surface area contributed by atoms with Crippen molar-refractivity contribution in [2.24, 2.45) is 11.8 Å². The lowest BCUT2D eigenvalue weighted by atomic mass is 10.0. The summed E-state index contributed by atoms with van der Waals surface area (Å²) < 4.78 is 0. The van der Waals surface area contributed by atoms with Gasteiger partial charge in [0.25, 0.3) is 5.91 Å². The minimum Gasteiger partial charge on any atom is -0.395 e. The molecule has 0 saturated heterocycles. The molecule has 0 spiro atoms. The van der Waals surface area contributed by atoms with Crippen LogP contribution in [0.1, 0.15) is 53.4 Å². The van der Waals surface area contributed by atoms with Crippen LogP contribution in [0.3, 0.4) is 0 Å². The molecule has 1 fully saturated rings. The Kier molecular flexibility index (Phi) is 5.66. The first kappa shape index (κ1) is 20.3. The molecule has 2 atom stereocenters. The summed E-state index contributed by atoms with van der Waals surface area (Å²) in [6.07, 6.45) is 5.13. The summed E-state index contributed by atoms with van der Waals surface area (Å²) in [6.45, 7) is 3.35. The number of aliphatic hydroxyl groups is 1.